The number of amides is 3. The number of carbonyl (C=O) groups is 3. The number of benzene rings is 1. The van der Waals surface area contributed by atoms with Crippen molar-refractivity contribution in [1.82, 2.24) is 10.2 Å². The fraction of sp³-hybridized carbons (Fsp3) is 0.400. The molecule has 0 fully saturated rings. The summed E-state index contributed by atoms with van der Waals surface area (Å²) in [6, 6.07) is 3.61. The molecule has 0 saturated carbocycles. The van der Waals surface area contributed by atoms with Crippen LogP contribution in [0.5, 0.6) is 5.75 Å². The highest BCUT2D eigenvalue weighted by molar-refractivity contribution is 6.39. The highest BCUT2D eigenvalue weighted by Crippen LogP contribution is 2.25. The van der Waals surface area contributed by atoms with Crippen LogP contribution in [0.1, 0.15) is 13.3 Å². The zero-order valence-corrected chi connectivity index (χ0v) is 13.3. The number of rotatable bonds is 6. The first-order chi connectivity index (χ1) is 10.8. The minimum Gasteiger partial charge on any atom is -0.492 e. The summed E-state index contributed by atoms with van der Waals surface area (Å²) in [7, 11) is 3.19. The van der Waals surface area contributed by atoms with Crippen molar-refractivity contribution in [2.24, 2.45) is 0 Å². The van der Waals surface area contributed by atoms with Gasteiger partial charge in [-0.2, -0.15) is 0 Å². The molecule has 3 amide bonds. The Labute approximate surface area is 133 Å². The van der Waals surface area contributed by atoms with Crippen LogP contribution in [0, 0.1) is 5.82 Å². The lowest BCUT2D eigenvalue weighted by molar-refractivity contribution is -0.136. The Bertz CT molecular complexity index is 590. The molecule has 0 aromatic heterocycles. The maximum atomic E-state index is 13.3. The predicted molar refractivity (Wildman–Crippen MR) is 82.5 cm³/mol. The second kappa shape index (κ2) is 8.72. The monoisotopic (exact) mass is 325 g/mol. The Morgan fingerprint density at radius 1 is 1.22 bits per heavy atom. The number of hydrogen-bond acceptors (Lipinski definition) is 4. The van der Waals surface area contributed by atoms with Crippen molar-refractivity contribution in [2.75, 3.05) is 32.6 Å². The standard InChI is InChI=1S/C15H20FN3O4/c1-4-23-12-6-5-10(16)9-11(12)18-15(22)14(21)17-8-7-13(20)19(2)3/h5-6,9H,4,7-8H2,1-3H3,(H,17,21)(H,18,22). The van der Waals surface area contributed by atoms with Crippen molar-refractivity contribution in [3.05, 3.63) is 24.0 Å². The van der Waals surface area contributed by atoms with Gasteiger partial charge in [0.1, 0.15) is 11.6 Å². The van der Waals surface area contributed by atoms with Crippen LogP contribution >= 0.6 is 0 Å². The molecule has 0 bridgehead atoms. The number of halogens is 1. The van der Waals surface area contributed by atoms with E-state index in [0.717, 1.165) is 6.07 Å². The fourth-order valence-electron chi connectivity index (χ4n) is 1.65. The van der Waals surface area contributed by atoms with Gasteiger partial charge in [-0.3, -0.25) is 14.4 Å². The third-order valence-corrected chi connectivity index (χ3v) is 2.82. The Kier molecular flexibility index (Phi) is 6.98. The molecule has 0 radical (unpaired) electrons. The Morgan fingerprint density at radius 2 is 1.91 bits per heavy atom. The van der Waals surface area contributed by atoms with Gasteiger partial charge >= 0.3 is 11.8 Å². The molecule has 126 valence electrons. The molecule has 0 atom stereocenters. The van der Waals surface area contributed by atoms with Crippen LogP contribution in [-0.2, 0) is 14.4 Å². The Balaban J connectivity index is 2.60. The van der Waals surface area contributed by atoms with Crippen molar-refractivity contribution in [2.45, 2.75) is 13.3 Å². The van der Waals surface area contributed by atoms with E-state index in [2.05, 4.69) is 10.6 Å². The third-order valence-electron chi connectivity index (χ3n) is 2.82. The number of nitrogens with zero attached hydrogens (tertiary/aromatic N) is 1. The lowest BCUT2D eigenvalue weighted by Gasteiger charge is -2.12. The normalized spacial score (nSPS) is 9.91. The van der Waals surface area contributed by atoms with Gasteiger partial charge in [-0.15, -0.1) is 0 Å². The molecule has 2 N–H and O–H groups in total. The number of ether oxygens (including phenoxy) is 1. The SMILES string of the molecule is CCOc1ccc(F)cc1NC(=O)C(=O)NCCC(=O)N(C)C. The Hall–Kier alpha value is -2.64. The van der Waals surface area contributed by atoms with Crippen molar-refractivity contribution in [3.63, 3.8) is 0 Å². The molecule has 7 nitrogen and oxygen atoms in total. The summed E-state index contributed by atoms with van der Waals surface area (Å²) in [4.78, 5) is 36.2. The molecule has 0 spiro atoms. The Morgan fingerprint density at radius 3 is 2.52 bits per heavy atom. The first-order valence-electron chi connectivity index (χ1n) is 7.06. The molecule has 0 saturated heterocycles. The van der Waals surface area contributed by atoms with E-state index in [9.17, 15) is 18.8 Å². The first kappa shape index (κ1) is 18.4. The summed E-state index contributed by atoms with van der Waals surface area (Å²) in [5.74, 6) is -2.36. The van der Waals surface area contributed by atoms with Gasteiger partial charge in [0.05, 0.1) is 12.3 Å². The lowest BCUT2D eigenvalue weighted by atomic mass is 10.2. The largest absolute Gasteiger partial charge is 0.492 e. The van der Waals surface area contributed by atoms with Crippen LogP contribution in [-0.4, -0.2) is 49.9 Å². The van der Waals surface area contributed by atoms with Crippen molar-refractivity contribution >= 4 is 23.4 Å². The molecule has 1 aromatic rings. The van der Waals surface area contributed by atoms with Gasteiger partial charge in [-0.05, 0) is 19.1 Å². The van der Waals surface area contributed by atoms with Crippen LogP contribution in [0.25, 0.3) is 0 Å². The number of nitrogens with one attached hydrogen (secondary N) is 2. The molecule has 0 heterocycles. The highest BCUT2D eigenvalue weighted by atomic mass is 19.1. The van der Waals surface area contributed by atoms with Crippen molar-refractivity contribution in [1.29, 1.82) is 0 Å². The number of hydrogen-bond donors (Lipinski definition) is 2. The number of anilines is 1. The summed E-state index contributed by atoms with van der Waals surface area (Å²) in [6.45, 7) is 2.10. The van der Waals surface area contributed by atoms with E-state index in [-0.39, 0.29) is 30.3 Å². The van der Waals surface area contributed by atoms with Crippen LogP contribution in [0.4, 0.5) is 10.1 Å². The van der Waals surface area contributed by atoms with E-state index in [0.29, 0.717) is 6.61 Å². The summed E-state index contributed by atoms with van der Waals surface area (Å²) in [6.07, 6.45) is 0.0795. The lowest BCUT2D eigenvalue weighted by Crippen LogP contribution is -2.37. The average Bonchev–Trinajstić information content (AvgIpc) is 2.49. The zero-order chi connectivity index (χ0) is 17.4. The topological polar surface area (TPSA) is 87.7 Å². The van der Waals surface area contributed by atoms with E-state index in [4.69, 9.17) is 4.74 Å². The minimum absolute atomic E-state index is 0.0325. The van der Waals surface area contributed by atoms with Crippen LogP contribution in [0.2, 0.25) is 0 Å². The molecule has 1 aromatic carbocycles. The fourth-order valence-corrected chi connectivity index (χ4v) is 1.65. The molecule has 0 aliphatic carbocycles. The summed E-state index contributed by atoms with van der Waals surface area (Å²) >= 11 is 0. The van der Waals surface area contributed by atoms with Gasteiger partial charge in [0, 0.05) is 33.1 Å². The second-order valence-corrected chi connectivity index (χ2v) is 4.82. The summed E-state index contributed by atoms with van der Waals surface area (Å²) < 4.78 is 18.5. The molecular formula is C15H20FN3O4. The van der Waals surface area contributed by atoms with E-state index < -0.39 is 17.6 Å². The van der Waals surface area contributed by atoms with Crippen molar-refractivity contribution < 1.29 is 23.5 Å². The van der Waals surface area contributed by atoms with Crippen LogP contribution in [0.3, 0.4) is 0 Å². The van der Waals surface area contributed by atoms with Crippen LogP contribution in [0.15, 0.2) is 18.2 Å². The van der Waals surface area contributed by atoms with Gasteiger partial charge in [-0.1, -0.05) is 0 Å². The second-order valence-electron chi connectivity index (χ2n) is 4.82. The van der Waals surface area contributed by atoms with E-state index >= 15 is 0 Å². The predicted octanol–water partition coefficient (Wildman–Crippen LogP) is 0.757. The molecule has 8 heteroatoms. The van der Waals surface area contributed by atoms with Crippen LogP contribution < -0.4 is 15.4 Å². The van der Waals surface area contributed by atoms with E-state index in [1.165, 1.54) is 17.0 Å². The first-order valence-corrected chi connectivity index (χ1v) is 7.06. The van der Waals surface area contributed by atoms with Gasteiger partial charge in [0.15, 0.2) is 0 Å². The molecule has 0 aliphatic rings. The molecule has 0 unspecified atom stereocenters. The van der Waals surface area contributed by atoms with E-state index in [1.807, 2.05) is 0 Å². The van der Waals surface area contributed by atoms with Gasteiger partial charge in [0.2, 0.25) is 5.91 Å². The maximum absolute atomic E-state index is 13.3. The van der Waals surface area contributed by atoms with E-state index in [1.54, 1.807) is 21.0 Å². The minimum atomic E-state index is -0.964. The molecule has 0 aliphatic heterocycles. The summed E-state index contributed by atoms with van der Waals surface area (Å²) in [5.41, 5.74) is 0.0661. The van der Waals surface area contributed by atoms with Gasteiger partial charge in [0.25, 0.3) is 0 Å². The molecule has 23 heavy (non-hydrogen) atoms. The quantitative estimate of drug-likeness (QED) is 0.756. The maximum Gasteiger partial charge on any atom is 0.313 e. The smallest absolute Gasteiger partial charge is 0.313 e. The third kappa shape index (κ3) is 5.93. The summed E-state index contributed by atoms with van der Waals surface area (Å²) in [5, 5.41) is 4.61. The highest BCUT2D eigenvalue weighted by Gasteiger charge is 2.16. The molecular weight excluding hydrogens is 305 g/mol. The van der Waals surface area contributed by atoms with Crippen molar-refractivity contribution in [3.8, 4) is 5.75 Å². The average molecular weight is 325 g/mol. The molecule has 1 rings (SSSR count). The van der Waals surface area contributed by atoms with Gasteiger partial charge < -0.3 is 20.3 Å². The zero-order valence-electron chi connectivity index (χ0n) is 13.3. The van der Waals surface area contributed by atoms with Gasteiger partial charge in [-0.25, -0.2) is 4.39 Å². The number of carbonyl (C=O) groups excluding carboxylic acids is 3.